The number of hydrogen-bond donors (Lipinski definition) is 1. The van der Waals surface area contributed by atoms with Crippen LogP contribution in [0, 0.1) is 22.9 Å². The van der Waals surface area contributed by atoms with Crippen LogP contribution in [0.1, 0.15) is 11.1 Å². The van der Waals surface area contributed by atoms with E-state index >= 15 is 0 Å². The van der Waals surface area contributed by atoms with Crippen LogP contribution in [0.4, 0.5) is 10.1 Å². The number of nitro benzene ring substituents is 1. The fraction of sp³-hybridized carbons (Fsp3) is 0.235. The Morgan fingerprint density at radius 2 is 2.04 bits per heavy atom. The Morgan fingerprint density at radius 3 is 2.75 bits per heavy atom. The van der Waals surface area contributed by atoms with E-state index in [1.807, 2.05) is 31.2 Å². The molecule has 0 aliphatic carbocycles. The Labute approximate surface area is 138 Å². The van der Waals surface area contributed by atoms with Gasteiger partial charge >= 0.3 is 5.69 Å². The summed E-state index contributed by atoms with van der Waals surface area (Å²) in [5.41, 5.74) is 1.88. The van der Waals surface area contributed by atoms with Crippen molar-refractivity contribution < 1.29 is 18.8 Å². The van der Waals surface area contributed by atoms with Crippen LogP contribution in [0.2, 0.25) is 0 Å². The first-order valence-corrected chi connectivity index (χ1v) is 7.35. The second-order valence-electron chi connectivity index (χ2n) is 5.18. The molecule has 0 saturated carbocycles. The summed E-state index contributed by atoms with van der Waals surface area (Å²) >= 11 is 0. The van der Waals surface area contributed by atoms with Gasteiger partial charge in [-0.05, 0) is 30.5 Å². The molecular weight excluding hydrogens is 315 g/mol. The van der Waals surface area contributed by atoms with Gasteiger partial charge in [0.1, 0.15) is 5.82 Å². The normalized spacial score (nSPS) is 10.2. The van der Waals surface area contributed by atoms with Crippen molar-refractivity contribution in [3.05, 3.63) is 69.5 Å². The molecule has 126 valence electrons. The van der Waals surface area contributed by atoms with Crippen LogP contribution in [0.15, 0.2) is 42.5 Å². The molecular formula is C17H17FN2O4. The number of aryl methyl sites for hydroxylation is 1. The van der Waals surface area contributed by atoms with Crippen LogP contribution in [0.25, 0.3) is 0 Å². The number of carbonyl (C=O) groups excluding carboxylic acids is 1. The molecule has 0 saturated heterocycles. The Hall–Kier alpha value is -2.96. The van der Waals surface area contributed by atoms with Gasteiger partial charge in [-0.1, -0.05) is 24.3 Å². The molecule has 0 radical (unpaired) electrons. The summed E-state index contributed by atoms with van der Waals surface area (Å²) in [5.74, 6) is -1.37. The summed E-state index contributed by atoms with van der Waals surface area (Å²) in [7, 11) is 0. The summed E-state index contributed by atoms with van der Waals surface area (Å²) in [6.07, 6.45) is 0.665. The van der Waals surface area contributed by atoms with E-state index in [-0.39, 0.29) is 11.4 Å². The zero-order valence-corrected chi connectivity index (χ0v) is 13.1. The summed E-state index contributed by atoms with van der Waals surface area (Å²) in [4.78, 5) is 21.9. The maximum Gasteiger partial charge on any atom is 0.311 e. The highest BCUT2D eigenvalue weighted by Gasteiger charge is 2.17. The van der Waals surface area contributed by atoms with E-state index in [1.54, 1.807) is 0 Å². The highest BCUT2D eigenvalue weighted by molar-refractivity contribution is 5.77. The number of benzene rings is 2. The number of hydrogen-bond acceptors (Lipinski definition) is 4. The average molecular weight is 332 g/mol. The molecule has 0 aliphatic rings. The number of nitrogens with one attached hydrogen (secondary N) is 1. The van der Waals surface area contributed by atoms with Gasteiger partial charge in [0.25, 0.3) is 5.91 Å². The van der Waals surface area contributed by atoms with Gasteiger partial charge in [-0.2, -0.15) is 0 Å². The Balaban J connectivity index is 1.84. The molecule has 6 nitrogen and oxygen atoms in total. The number of halogens is 1. The van der Waals surface area contributed by atoms with Gasteiger partial charge in [0.15, 0.2) is 6.61 Å². The first-order chi connectivity index (χ1) is 11.5. The SMILES string of the molecule is Cc1ccccc1CCNC(=O)COc1cc(F)ccc1[N+](=O)[O-]. The first kappa shape index (κ1) is 17.4. The molecule has 0 aliphatic heterocycles. The Morgan fingerprint density at radius 1 is 1.29 bits per heavy atom. The maximum absolute atomic E-state index is 13.2. The van der Waals surface area contributed by atoms with Gasteiger partial charge in [0, 0.05) is 18.7 Å². The second kappa shape index (κ2) is 8.05. The smallest absolute Gasteiger partial charge is 0.311 e. The third-order valence-corrected chi connectivity index (χ3v) is 3.46. The van der Waals surface area contributed by atoms with E-state index in [0.29, 0.717) is 13.0 Å². The predicted molar refractivity (Wildman–Crippen MR) is 86.4 cm³/mol. The standard InChI is InChI=1S/C17H17FN2O4/c1-12-4-2-3-5-13(12)8-9-19-17(21)11-24-16-10-14(18)6-7-15(16)20(22)23/h2-7,10H,8-9,11H2,1H3,(H,19,21). The van der Waals surface area contributed by atoms with E-state index < -0.39 is 23.3 Å². The molecule has 0 atom stereocenters. The van der Waals surface area contributed by atoms with E-state index in [9.17, 15) is 19.3 Å². The molecule has 1 N–H and O–H groups in total. The number of ether oxygens (including phenoxy) is 1. The predicted octanol–water partition coefficient (Wildman–Crippen LogP) is 2.78. The molecule has 2 rings (SSSR count). The van der Waals surface area contributed by atoms with Crippen molar-refractivity contribution in [2.24, 2.45) is 0 Å². The molecule has 2 aromatic rings. The first-order valence-electron chi connectivity index (χ1n) is 7.35. The van der Waals surface area contributed by atoms with Crippen LogP contribution in [0.5, 0.6) is 5.75 Å². The van der Waals surface area contributed by atoms with E-state index in [2.05, 4.69) is 5.32 Å². The Bertz CT molecular complexity index is 749. The van der Waals surface area contributed by atoms with Crippen LogP contribution in [-0.2, 0) is 11.2 Å². The van der Waals surface area contributed by atoms with E-state index in [4.69, 9.17) is 4.74 Å². The van der Waals surface area contributed by atoms with Crippen molar-refractivity contribution in [2.45, 2.75) is 13.3 Å². The van der Waals surface area contributed by atoms with E-state index in [0.717, 1.165) is 29.3 Å². The molecule has 24 heavy (non-hydrogen) atoms. The number of nitro groups is 1. The van der Waals surface area contributed by atoms with Crippen molar-refractivity contribution in [3.8, 4) is 5.75 Å². The third kappa shape index (κ3) is 4.77. The summed E-state index contributed by atoms with van der Waals surface area (Å²) in [5, 5.41) is 13.5. The minimum Gasteiger partial charge on any atom is -0.477 e. The molecule has 0 aromatic heterocycles. The van der Waals surface area contributed by atoms with Gasteiger partial charge in [-0.25, -0.2) is 4.39 Å². The molecule has 2 aromatic carbocycles. The van der Waals surface area contributed by atoms with E-state index in [1.165, 1.54) is 0 Å². The monoisotopic (exact) mass is 332 g/mol. The van der Waals surface area contributed by atoms with Gasteiger partial charge in [-0.3, -0.25) is 14.9 Å². The van der Waals surface area contributed by atoms with Crippen LogP contribution >= 0.6 is 0 Å². The molecule has 0 bridgehead atoms. The van der Waals surface area contributed by atoms with Crippen molar-refractivity contribution >= 4 is 11.6 Å². The van der Waals surface area contributed by atoms with Crippen molar-refractivity contribution in [3.63, 3.8) is 0 Å². The lowest BCUT2D eigenvalue weighted by Crippen LogP contribution is -2.30. The number of carbonyl (C=O) groups is 1. The van der Waals surface area contributed by atoms with Crippen molar-refractivity contribution in [1.82, 2.24) is 5.32 Å². The minimum atomic E-state index is -0.690. The summed E-state index contributed by atoms with van der Waals surface area (Å²) in [6.45, 7) is 1.99. The fourth-order valence-electron chi connectivity index (χ4n) is 2.18. The van der Waals surface area contributed by atoms with Crippen LogP contribution in [-0.4, -0.2) is 24.0 Å². The van der Waals surface area contributed by atoms with Gasteiger partial charge in [0.2, 0.25) is 5.75 Å². The quantitative estimate of drug-likeness (QED) is 0.624. The lowest BCUT2D eigenvalue weighted by Gasteiger charge is -2.09. The maximum atomic E-state index is 13.2. The molecule has 7 heteroatoms. The average Bonchev–Trinajstić information content (AvgIpc) is 2.54. The largest absolute Gasteiger partial charge is 0.477 e. The lowest BCUT2D eigenvalue weighted by atomic mass is 10.1. The van der Waals surface area contributed by atoms with Crippen LogP contribution in [0.3, 0.4) is 0 Å². The molecule has 0 unspecified atom stereocenters. The number of nitrogens with zero attached hydrogens (tertiary/aromatic N) is 1. The van der Waals surface area contributed by atoms with Gasteiger partial charge in [0.05, 0.1) is 4.92 Å². The zero-order chi connectivity index (χ0) is 17.5. The molecule has 0 fully saturated rings. The Kier molecular flexibility index (Phi) is 5.83. The molecule has 1 amide bonds. The fourth-order valence-corrected chi connectivity index (χ4v) is 2.18. The van der Waals surface area contributed by atoms with Crippen LogP contribution < -0.4 is 10.1 Å². The topological polar surface area (TPSA) is 81.5 Å². The molecule has 0 heterocycles. The lowest BCUT2D eigenvalue weighted by molar-refractivity contribution is -0.385. The third-order valence-electron chi connectivity index (χ3n) is 3.46. The number of rotatable bonds is 7. The number of amides is 1. The highest BCUT2D eigenvalue weighted by Crippen LogP contribution is 2.27. The van der Waals surface area contributed by atoms with Gasteiger partial charge in [-0.15, -0.1) is 0 Å². The summed E-state index contributed by atoms with van der Waals surface area (Å²) in [6, 6.07) is 10.7. The van der Waals surface area contributed by atoms with Crippen molar-refractivity contribution in [1.29, 1.82) is 0 Å². The van der Waals surface area contributed by atoms with Gasteiger partial charge < -0.3 is 10.1 Å². The molecule has 0 spiro atoms. The summed E-state index contributed by atoms with van der Waals surface area (Å²) < 4.78 is 18.2. The minimum absolute atomic E-state index is 0.269. The second-order valence-corrected chi connectivity index (χ2v) is 5.18. The van der Waals surface area contributed by atoms with Crippen molar-refractivity contribution in [2.75, 3.05) is 13.2 Å². The highest BCUT2D eigenvalue weighted by atomic mass is 19.1. The zero-order valence-electron chi connectivity index (χ0n) is 13.1.